The molecule has 0 radical (unpaired) electrons. The van der Waals surface area contributed by atoms with E-state index < -0.39 is 11.7 Å². The molecule has 0 rings (SSSR count). The van der Waals surface area contributed by atoms with Gasteiger partial charge in [0.25, 0.3) is 0 Å². The molecule has 0 aromatic heterocycles. The van der Waals surface area contributed by atoms with Crippen molar-refractivity contribution in [1.82, 2.24) is 0 Å². The minimum atomic E-state index is -0.537. The molecule has 1 atom stereocenters. The van der Waals surface area contributed by atoms with Gasteiger partial charge in [0.2, 0.25) is 0 Å². The number of ether oxygens (including phenoxy) is 1. The standard InChI is InChI=1S/C10H16O2/c1-5-9(11)7-6-8-10(2,3)12-4/h5,9,11H,1,7H2,2-4H3. The maximum absolute atomic E-state index is 9.07. The Morgan fingerprint density at radius 1 is 1.67 bits per heavy atom. The average molecular weight is 168 g/mol. The maximum Gasteiger partial charge on any atom is 0.122 e. The summed E-state index contributed by atoms with van der Waals surface area (Å²) in [4.78, 5) is 0. The molecule has 12 heavy (non-hydrogen) atoms. The summed E-state index contributed by atoms with van der Waals surface area (Å²) >= 11 is 0. The first-order valence-corrected chi connectivity index (χ1v) is 3.87. The highest BCUT2D eigenvalue weighted by atomic mass is 16.5. The second-order valence-corrected chi connectivity index (χ2v) is 3.02. The molecule has 0 aliphatic carbocycles. The fraction of sp³-hybridized carbons (Fsp3) is 0.600. The molecule has 0 saturated carbocycles. The van der Waals surface area contributed by atoms with Crippen LogP contribution >= 0.6 is 0 Å². The third-order valence-electron chi connectivity index (χ3n) is 1.48. The lowest BCUT2D eigenvalue weighted by Crippen LogP contribution is -2.19. The molecular weight excluding hydrogens is 152 g/mol. The number of aliphatic hydroxyl groups excluding tert-OH is 1. The molecule has 68 valence electrons. The summed E-state index contributed by atoms with van der Waals surface area (Å²) in [5, 5.41) is 9.07. The van der Waals surface area contributed by atoms with Gasteiger partial charge in [0.1, 0.15) is 5.60 Å². The van der Waals surface area contributed by atoms with Crippen LogP contribution in [0.4, 0.5) is 0 Å². The fourth-order valence-corrected chi connectivity index (χ4v) is 0.503. The van der Waals surface area contributed by atoms with E-state index >= 15 is 0 Å². The summed E-state index contributed by atoms with van der Waals surface area (Å²) < 4.78 is 5.07. The molecule has 0 saturated heterocycles. The lowest BCUT2D eigenvalue weighted by molar-refractivity contribution is 0.0740. The minimum absolute atomic E-state index is 0.413. The molecule has 2 nitrogen and oxygen atoms in total. The Labute approximate surface area is 74.2 Å². The van der Waals surface area contributed by atoms with E-state index in [1.807, 2.05) is 13.8 Å². The van der Waals surface area contributed by atoms with Crippen molar-refractivity contribution in [3.8, 4) is 11.8 Å². The largest absolute Gasteiger partial charge is 0.388 e. The van der Waals surface area contributed by atoms with Crippen LogP contribution in [0.25, 0.3) is 0 Å². The van der Waals surface area contributed by atoms with Crippen molar-refractivity contribution >= 4 is 0 Å². The smallest absolute Gasteiger partial charge is 0.122 e. The second kappa shape index (κ2) is 4.97. The van der Waals surface area contributed by atoms with Crippen LogP contribution in [0.15, 0.2) is 12.7 Å². The molecule has 1 N–H and O–H groups in total. The molecule has 0 aliphatic heterocycles. The van der Waals surface area contributed by atoms with E-state index in [1.165, 1.54) is 6.08 Å². The SMILES string of the molecule is C=CC(O)CC#CC(C)(C)OC. The van der Waals surface area contributed by atoms with Crippen LogP contribution in [0.5, 0.6) is 0 Å². The molecule has 1 unspecified atom stereocenters. The first-order chi connectivity index (χ1) is 5.52. The van der Waals surface area contributed by atoms with Crippen molar-refractivity contribution in [2.75, 3.05) is 7.11 Å². The summed E-state index contributed by atoms with van der Waals surface area (Å²) in [6, 6.07) is 0. The fourth-order valence-electron chi connectivity index (χ4n) is 0.503. The third-order valence-corrected chi connectivity index (χ3v) is 1.48. The molecule has 2 heteroatoms. The van der Waals surface area contributed by atoms with Crippen LogP contribution in [0.3, 0.4) is 0 Å². The zero-order valence-corrected chi connectivity index (χ0v) is 7.92. The summed E-state index contributed by atoms with van der Waals surface area (Å²) in [7, 11) is 1.61. The van der Waals surface area contributed by atoms with E-state index in [-0.39, 0.29) is 0 Å². The van der Waals surface area contributed by atoms with Crippen LogP contribution in [-0.4, -0.2) is 23.9 Å². The average Bonchev–Trinajstić information content (AvgIpc) is 2.04. The molecule has 0 spiro atoms. The van der Waals surface area contributed by atoms with Crippen LogP contribution in [0.2, 0.25) is 0 Å². The maximum atomic E-state index is 9.07. The molecule has 0 bridgehead atoms. The van der Waals surface area contributed by atoms with E-state index in [2.05, 4.69) is 18.4 Å². The molecule has 0 aliphatic rings. The molecule has 0 aromatic rings. The predicted octanol–water partition coefficient (Wildman–Crippen LogP) is 1.35. The van der Waals surface area contributed by atoms with E-state index in [0.29, 0.717) is 6.42 Å². The van der Waals surface area contributed by atoms with Crippen molar-refractivity contribution in [2.45, 2.75) is 32.0 Å². The zero-order valence-electron chi connectivity index (χ0n) is 7.92. The van der Waals surface area contributed by atoms with E-state index in [0.717, 1.165) is 0 Å². The molecule has 0 heterocycles. The molecular formula is C10H16O2. The summed E-state index contributed by atoms with van der Waals surface area (Å²) in [5.41, 5.74) is -0.430. The van der Waals surface area contributed by atoms with Crippen molar-refractivity contribution in [1.29, 1.82) is 0 Å². The third kappa shape index (κ3) is 4.95. The van der Waals surface area contributed by atoms with E-state index in [1.54, 1.807) is 7.11 Å². The molecule has 0 fully saturated rings. The van der Waals surface area contributed by atoms with Gasteiger partial charge in [-0.2, -0.15) is 0 Å². The topological polar surface area (TPSA) is 29.5 Å². The van der Waals surface area contributed by atoms with Crippen LogP contribution in [-0.2, 0) is 4.74 Å². The number of rotatable bonds is 3. The van der Waals surface area contributed by atoms with Gasteiger partial charge in [0.05, 0.1) is 6.10 Å². The van der Waals surface area contributed by atoms with E-state index in [4.69, 9.17) is 9.84 Å². The Kier molecular flexibility index (Phi) is 4.65. The Hall–Kier alpha value is -0.780. The van der Waals surface area contributed by atoms with Crippen LogP contribution in [0.1, 0.15) is 20.3 Å². The Bertz CT molecular complexity index is 196. The highest BCUT2D eigenvalue weighted by molar-refractivity contribution is 5.12. The second-order valence-electron chi connectivity index (χ2n) is 3.02. The number of hydrogen-bond acceptors (Lipinski definition) is 2. The van der Waals surface area contributed by atoms with Crippen LogP contribution in [0, 0.1) is 11.8 Å². The van der Waals surface area contributed by atoms with Crippen molar-refractivity contribution < 1.29 is 9.84 Å². The highest BCUT2D eigenvalue weighted by Gasteiger charge is 2.10. The summed E-state index contributed by atoms with van der Waals surface area (Å²) in [6.45, 7) is 7.20. The lowest BCUT2D eigenvalue weighted by Gasteiger charge is -2.14. The van der Waals surface area contributed by atoms with Gasteiger partial charge in [-0.3, -0.25) is 0 Å². The van der Waals surface area contributed by atoms with Gasteiger partial charge >= 0.3 is 0 Å². The van der Waals surface area contributed by atoms with Crippen molar-refractivity contribution in [3.05, 3.63) is 12.7 Å². The molecule has 0 amide bonds. The summed E-state index contributed by atoms with van der Waals surface area (Å²) in [6.07, 6.45) is 1.34. The Morgan fingerprint density at radius 3 is 2.67 bits per heavy atom. The number of methoxy groups -OCH3 is 1. The summed E-state index contributed by atoms with van der Waals surface area (Å²) in [5.74, 6) is 5.72. The Balaban J connectivity index is 3.95. The normalized spacial score (nSPS) is 13.0. The van der Waals surface area contributed by atoms with Gasteiger partial charge in [0, 0.05) is 13.5 Å². The zero-order chi connectivity index (χ0) is 9.61. The monoisotopic (exact) mass is 168 g/mol. The van der Waals surface area contributed by atoms with Gasteiger partial charge in [-0.1, -0.05) is 17.9 Å². The van der Waals surface area contributed by atoms with Crippen molar-refractivity contribution in [3.63, 3.8) is 0 Å². The van der Waals surface area contributed by atoms with E-state index in [9.17, 15) is 0 Å². The minimum Gasteiger partial charge on any atom is -0.388 e. The van der Waals surface area contributed by atoms with Gasteiger partial charge in [-0.05, 0) is 13.8 Å². The first kappa shape index (κ1) is 11.2. The van der Waals surface area contributed by atoms with Crippen molar-refractivity contribution in [2.24, 2.45) is 0 Å². The van der Waals surface area contributed by atoms with Gasteiger partial charge in [-0.25, -0.2) is 0 Å². The predicted molar refractivity (Wildman–Crippen MR) is 49.7 cm³/mol. The molecule has 0 aromatic carbocycles. The quantitative estimate of drug-likeness (QED) is 0.509. The van der Waals surface area contributed by atoms with Gasteiger partial charge in [0.15, 0.2) is 0 Å². The highest BCUT2D eigenvalue weighted by Crippen LogP contribution is 2.04. The van der Waals surface area contributed by atoms with Gasteiger partial charge in [-0.15, -0.1) is 6.58 Å². The Morgan fingerprint density at radius 2 is 2.25 bits per heavy atom. The first-order valence-electron chi connectivity index (χ1n) is 3.87. The number of aliphatic hydroxyl groups is 1. The number of hydrogen-bond donors (Lipinski definition) is 1. The van der Waals surface area contributed by atoms with Gasteiger partial charge < -0.3 is 9.84 Å². The lowest BCUT2D eigenvalue weighted by atomic mass is 10.1. The van der Waals surface area contributed by atoms with Crippen LogP contribution < -0.4 is 0 Å².